The van der Waals surface area contributed by atoms with E-state index < -0.39 is 11.6 Å². The van der Waals surface area contributed by atoms with E-state index in [2.05, 4.69) is 0 Å². The van der Waals surface area contributed by atoms with E-state index in [4.69, 9.17) is 0 Å². The van der Waals surface area contributed by atoms with E-state index in [-0.39, 0.29) is 0 Å². The van der Waals surface area contributed by atoms with Gasteiger partial charge in [-0.2, -0.15) is 0 Å². The van der Waals surface area contributed by atoms with Gasteiger partial charge in [0.05, 0.1) is 0 Å². The molecule has 0 radical (unpaired) electrons. The van der Waals surface area contributed by atoms with Crippen molar-refractivity contribution in [1.82, 2.24) is 0 Å². The van der Waals surface area contributed by atoms with Crippen LogP contribution in [0.4, 0.5) is 8.78 Å². The fourth-order valence-corrected chi connectivity index (χ4v) is 4.52. The Morgan fingerprint density at radius 2 is 1.43 bits per heavy atom. The summed E-state index contributed by atoms with van der Waals surface area (Å²) in [7, 11) is 0. The molecule has 116 valence electrons. The first kappa shape index (κ1) is 15.0. The lowest BCUT2D eigenvalue weighted by Gasteiger charge is -2.36. The molecule has 2 aliphatic rings. The first-order valence-electron chi connectivity index (χ1n) is 8.60. The van der Waals surface area contributed by atoms with E-state index in [9.17, 15) is 8.78 Å². The summed E-state index contributed by atoms with van der Waals surface area (Å²) in [5.41, 5.74) is 1.45. The van der Waals surface area contributed by atoms with Crippen LogP contribution in [0.1, 0.15) is 74.8 Å². The molecule has 1 aromatic carbocycles. The Kier molecular flexibility index (Phi) is 4.61. The second-order valence-electron chi connectivity index (χ2n) is 7.14. The molecule has 2 saturated carbocycles. The molecule has 0 nitrogen and oxygen atoms in total. The second-order valence-corrected chi connectivity index (χ2v) is 7.14. The van der Waals surface area contributed by atoms with Crippen molar-refractivity contribution in [3.05, 3.63) is 34.9 Å². The molecule has 0 bridgehead atoms. The third-order valence-electron chi connectivity index (χ3n) is 5.79. The summed E-state index contributed by atoms with van der Waals surface area (Å²) >= 11 is 0. The standard InChI is InChI=1S/C19H26F2/c1-13-11-17(12-18(20)19(13)21)16-9-7-15(8-10-16)14-5-3-2-4-6-14/h11-12,14-16H,2-10H2,1H3. The third kappa shape index (κ3) is 3.30. The topological polar surface area (TPSA) is 0 Å². The van der Waals surface area contributed by atoms with Gasteiger partial charge in [0, 0.05) is 0 Å². The van der Waals surface area contributed by atoms with E-state index in [1.165, 1.54) is 51.0 Å². The van der Waals surface area contributed by atoms with Crippen molar-refractivity contribution in [3.63, 3.8) is 0 Å². The molecule has 0 unspecified atom stereocenters. The summed E-state index contributed by atoms with van der Waals surface area (Å²) in [5, 5.41) is 0. The molecular formula is C19H26F2. The molecule has 0 spiro atoms. The lowest BCUT2D eigenvalue weighted by atomic mass is 9.70. The van der Waals surface area contributed by atoms with Gasteiger partial charge in [0.15, 0.2) is 11.6 Å². The number of rotatable bonds is 2. The van der Waals surface area contributed by atoms with Crippen LogP contribution in [0.5, 0.6) is 0 Å². The van der Waals surface area contributed by atoms with Crippen LogP contribution in [0.15, 0.2) is 12.1 Å². The number of hydrogen-bond donors (Lipinski definition) is 0. The Balaban J connectivity index is 1.63. The van der Waals surface area contributed by atoms with Gasteiger partial charge in [-0.15, -0.1) is 0 Å². The van der Waals surface area contributed by atoms with Crippen molar-refractivity contribution in [2.75, 3.05) is 0 Å². The van der Waals surface area contributed by atoms with E-state index >= 15 is 0 Å². The maximum atomic E-state index is 13.6. The number of halogens is 2. The van der Waals surface area contributed by atoms with Gasteiger partial charge in [-0.25, -0.2) is 8.78 Å². The van der Waals surface area contributed by atoms with Crippen LogP contribution < -0.4 is 0 Å². The maximum Gasteiger partial charge on any atom is 0.161 e. The Morgan fingerprint density at radius 3 is 2.05 bits per heavy atom. The minimum atomic E-state index is -0.686. The van der Waals surface area contributed by atoms with Gasteiger partial charge < -0.3 is 0 Å². The van der Waals surface area contributed by atoms with Gasteiger partial charge in [0.2, 0.25) is 0 Å². The monoisotopic (exact) mass is 292 g/mol. The van der Waals surface area contributed by atoms with Crippen molar-refractivity contribution in [2.45, 2.75) is 70.6 Å². The molecule has 3 rings (SSSR count). The number of hydrogen-bond acceptors (Lipinski definition) is 0. The van der Waals surface area contributed by atoms with Crippen molar-refractivity contribution in [2.24, 2.45) is 11.8 Å². The van der Waals surface area contributed by atoms with Crippen LogP contribution in [0.25, 0.3) is 0 Å². The highest BCUT2D eigenvalue weighted by Gasteiger charge is 2.29. The Morgan fingerprint density at radius 1 is 0.810 bits per heavy atom. The minimum Gasteiger partial charge on any atom is -0.204 e. The fraction of sp³-hybridized carbons (Fsp3) is 0.684. The Hall–Kier alpha value is -0.920. The van der Waals surface area contributed by atoms with E-state index in [0.717, 1.165) is 30.2 Å². The third-order valence-corrected chi connectivity index (χ3v) is 5.79. The SMILES string of the molecule is Cc1cc(C2CCC(C3CCCCC3)CC2)cc(F)c1F. The molecule has 1 aromatic rings. The van der Waals surface area contributed by atoms with Crippen LogP contribution in [0.3, 0.4) is 0 Å². The largest absolute Gasteiger partial charge is 0.204 e. The molecule has 2 heteroatoms. The summed E-state index contributed by atoms with van der Waals surface area (Å²) in [4.78, 5) is 0. The van der Waals surface area contributed by atoms with Crippen molar-refractivity contribution < 1.29 is 8.78 Å². The number of aryl methyl sites for hydroxylation is 1. The Labute approximate surface area is 126 Å². The zero-order valence-corrected chi connectivity index (χ0v) is 13.0. The zero-order valence-electron chi connectivity index (χ0n) is 13.0. The van der Waals surface area contributed by atoms with Crippen LogP contribution in [0, 0.1) is 30.4 Å². The summed E-state index contributed by atoms with van der Waals surface area (Å²) in [6.07, 6.45) is 11.9. The molecule has 0 heterocycles. The predicted molar refractivity (Wildman–Crippen MR) is 82.4 cm³/mol. The van der Waals surface area contributed by atoms with Crippen LogP contribution in [-0.4, -0.2) is 0 Å². The number of benzene rings is 1. The highest BCUT2D eigenvalue weighted by molar-refractivity contribution is 5.28. The summed E-state index contributed by atoms with van der Waals surface area (Å²) < 4.78 is 27.0. The maximum absolute atomic E-state index is 13.6. The van der Waals surface area contributed by atoms with E-state index in [1.807, 2.05) is 6.07 Å². The normalized spacial score (nSPS) is 27.8. The lowest BCUT2D eigenvalue weighted by molar-refractivity contribution is 0.186. The quantitative estimate of drug-likeness (QED) is 0.615. The predicted octanol–water partition coefficient (Wildman–Crippen LogP) is 6.13. The molecule has 0 N–H and O–H groups in total. The molecule has 0 amide bonds. The summed E-state index contributed by atoms with van der Waals surface area (Å²) in [6, 6.07) is 3.28. The molecule has 0 aliphatic heterocycles. The highest BCUT2D eigenvalue weighted by atomic mass is 19.2. The van der Waals surface area contributed by atoms with Crippen LogP contribution >= 0.6 is 0 Å². The van der Waals surface area contributed by atoms with Gasteiger partial charge in [-0.05, 0) is 67.6 Å². The van der Waals surface area contributed by atoms with Gasteiger partial charge in [-0.3, -0.25) is 0 Å². The minimum absolute atomic E-state index is 0.429. The molecular weight excluding hydrogens is 266 g/mol. The van der Waals surface area contributed by atoms with Gasteiger partial charge >= 0.3 is 0 Å². The molecule has 2 aliphatic carbocycles. The van der Waals surface area contributed by atoms with E-state index in [0.29, 0.717) is 11.5 Å². The molecule has 0 aromatic heterocycles. The average Bonchev–Trinajstić information content (AvgIpc) is 2.53. The molecule has 0 atom stereocenters. The zero-order chi connectivity index (χ0) is 14.8. The van der Waals surface area contributed by atoms with Gasteiger partial charge in [0.25, 0.3) is 0 Å². The van der Waals surface area contributed by atoms with Gasteiger partial charge in [0.1, 0.15) is 0 Å². The van der Waals surface area contributed by atoms with Crippen LogP contribution in [0.2, 0.25) is 0 Å². The summed E-state index contributed by atoms with van der Waals surface area (Å²) in [5.74, 6) is 0.881. The van der Waals surface area contributed by atoms with Gasteiger partial charge in [-0.1, -0.05) is 38.2 Å². The average molecular weight is 292 g/mol. The molecule has 2 fully saturated rings. The molecule has 21 heavy (non-hydrogen) atoms. The van der Waals surface area contributed by atoms with Crippen molar-refractivity contribution in [1.29, 1.82) is 0 Å². The smallest absolute Gasteiger partial charge is 0.161 e. The van der Waals surface area contributed by atoms with Crippen LogP contribution in [-0.2, 0) is 0 Å². The fourth-order valence-electron chi connectivity index (χ4n) is 4.52. The first-order valence-corrected chi connectivity index (χ1v) is 8.60. The lowest BCUT2D eigenvalue weighted by Crippen LogP contribution is -2.23. The van der Waals surface area contributed by atoms with Crippen molar-refractivity contribution in [3.8, 4) is 0 Å². The molecule has 0 saturated heterocycles. The second kappa shape index (κ2) is 6.46. The highest BCUT2D eigenvalue weighted by Crippen LogP contribution is 2.43. The van der Waals surface area contributed by atoms with E-state index in [1.54, 1.807) is 6.92 Å². The summed E-state index contributed by atoms with van der Waals surface area (Å²) in [6.45, 7) is 1.66. The Bertz CT molecular complexity index is 457. The van der Waals surface area contributed by atoms with Crippen molar-refractivity contribution >= 4 is 0 Å². The first-order chi connectivity index (χ1) is 10.1.